The lowest BCUT2D eigenvalue weighted by atomic mass is 10.2. The number of rotatable bonds is 6. The van der Waals surface area contributed by atoms with Crippen LogP contribution in [0.4, 0.5) is 0 Å². The fourth-order valence-corrected chi connectivity index (χ4v) is 2.90. The number of aryl methyl sites for hydroxylation is 1. The summed E-state index contributed by atoms with van der Waals surface area (Å²) < 4.78 is 28.7. The van der Waals surface area contributed by atoms with Crippen molar-refractivity contribution in [2.24, 2.45) is 0 Å². The third-order valence-corrected chi connectivity index (χ3v) is 3.98. The van der Waals surface area contributed by atoms with E-state index >= 15 is 0 Å². The first-order chi connectivity index (χ1) is 9.63. The molecule has 5 heteroatoms. The normalized spacial score (nSPS) is 13.5. The lowest BCUT2D eigenvalue weighted by Gasteiger charge is -2.19. The summed E-state index contributed by atoms with van der Waals surface area (Å²) in [7, 11) is -3.69. The van der Waals surface area contributed by atoms with Crippen LogP contribution in [-0.4, -0.2) is 6.61 Å². The lowest BCUT2D eigenvalue weighted by Crippen LogP contribution is -2.05. The second kappa shape index (κ2) is 6.60. The van der Waals surface area contributed by atoms with Crippen LogP contribution in [0.15, 0.2) is 54.6 Å². The molecule has 0 aliphatic carbocycles. The van der Waals surface area contributed by atoms with Gasteiger partial charge in [0.15, 0.2) is 0 Å². The van der Waals surface area contributed by atoms with Crippen molar-refractivity contribution in [2.75, 3.05) is 6.61 Å². The van der Waals surface area contributed by atoms with E-state index in [0.717, 1.165) is 5.56 Å². The standard InChI is InChI=1S/C15H17O4P/c1-3-17-20(16,18-14-10-5-4-6-11-14)19-15-12-8-7-9-13(15)2/h4-12H,3H2,1-2H3. The van der Waals surface area contributed by atoms with E-state index in [4.69, 9.17) is 13.6 Å². The number of benzene rings is 2. The van der Waals surface area contributed by atoms with Gasteiger partial charge >= 0.3 is 7.82 Å². The molecule has 20 heavy (non-hydrogen) atoms. The minimum atomic E-state index is -3.69. The van der Waals surface area contributed by atoms with E-state index in [1.54, 1.807) is 43.3 Å². The molecule has 0 amide bonds. The summed E-state index contributed by atoms with van der Waals surface area (Å²) in [6, 6.07) is 16.1. The van der Waals surface area contributed by atoms with E-state index in [9.17, 15) is 4.57 Å². The van der Waals surface area contributed by atoms with Crippen molar-refractivity contribution >= 4 is 7.82 Å². The number of phosphoric ester groups is 1. The minimum absolute atomic E-state index is 0.232. The van der Waals surface area contributed by atoms with Crippen LogP contribution in [0.1, 0.15) is 12.5 Å². The Labute approximate surface area is 118 Å². The van der Waals surface area contributed by atoms with Gasteiger partial charge in [0.05, 0.1) is 6.61 Å². The van der Waals surface area contributed by atoms with Crippen molar-refractivity contribution < 1.29 is 18.1 Å². The Morgan fingerprint density at radius 1 is 0.950 bits per heavy atom. The SMILES string of the molecule is CCOP(=O)(Oc1ccccc1)Oc1ccccc1C. The predicted octanol–water partition coefficient (Wildman–Crippen LogP) is 4.60. The second-order valence-corrected chi connectivity index (χ2v) is 5.64. The number of para-hydroxylation sites is 2. The Hall–Kier alpha value is -1.77. The highest BCUT2D eigenvalue weighted by molar-refractivity contribution is 7.49. The number of hydrogen-bond acceptors (Lipinski definition) is 4. The molecule has 0 fully saturated rings. The highest BCUT2D eigenvalue weighted by Gasteiger charge is 2.30. The molecule has 0 aliphatic rings. The van der Waals surface area contributed by atoms with Crippen LogP contribution in [0.2, 0.25) is 0 Å². The summed E-state index contributed by atoms with van der Waals surface area (Å²) in [5, 5.41) is 0. The lowest BCUT2D eigenvalue weighted by molar-refractivity contribution is 0.219. The Morgan fingerprint density at radius 3 is 2.25 bits per heavy atom. The van der Waals surface area contributed by atoms with E-state index in [2.05, 4.69) is 0 Å². The molecule has 2 aromatic carbocycles. The first-order valence-corrected chi connectivity index (χ1v) is 7.83. The maximum absolute atomic E-state index is 12.6. The number of hydrogen-bond donors (Lipinski definition) is 0. The zero-order valence-electron chi connectivity index (χ0n) is 11.5. The van der Waals surface area contributed by atoms with Crippen molar-refractivity contribution in [3.8, 4) is 11.5 Å². The van der Waals surface area contributed by atoms with E-state index in [-0.39, 0.29) is 6.61 Å². The minimum Gasteiger partial charge on any atom is -0.395 e. The van der Waals surface area contributed by atoms with Gasteiger partial charge in [-0.2, -0.15) is 0 Å². The highest BCUT2D eigenvalue weighted by Crippen LogP contribution is 2.49. The first-order valence-electron chi connectivity index (χ1n) is 6.37. The summed E-state index contributed by atoms with van der Waals surface area (Å²) >= 11 is 0. The molecule has 0 heterocycles. The fourth-order valence-electron chi connectivity index (χ4n) is 1.62. The highest BCUT2D eigenvalue weighted by atomic mass is 31.2. The quantitative estimate of drug-likeness (QED) is 0.730. The van der Waals surface area contributed by atoms with Gasteiger partial charge in [-0.15, -0.1) is 0 Å². The molecule has 2 aromatic rings. The van der Waals surface area contributed by atoms with Gasteiger partial charge in [0.25, 0.3) is 0 Å². The van der Waals surface area contributed by atoms with Gasteiger partial charge in [-0.05, 0) is 37.6 Å². The van der Waals surface area contributed by atoms with E-state index in [1.807, 2.05) is 25.1 Å². The molecule has 0 aliphatic heterocycles. The smallest absolute Gasteiger partial charge is 0.395 e. The Morgan fingerprint density at radius 2 is 1.60 bits per heavy atom. The van der Waals surface area contributed by atoms with Crippen molar-refractivity contribution in [3.63, 3.8) is 0 Å². The predicted molar refractivity (Wildman–Crippen MR) is 78.1 cm³/mol. The Bertz CT molecular complexity index is 598. The summed E-state index contributed by atoms with van der Waals surface area (Å²) in [5.41, 5.74) is 0.865. The van der Waals surface area contributed by atoms with E-state index in [0.29, 0.717) is 11.5 Å². The molecule has 1 unspecified atom stereocenters. The van der Waals surface area contributed by atoms with Crippen LogP contribution < -0.4 is 9.05 Å². The zero-order valence-corrected chi connectivity index (χ0v) is 12.4. The molecule has 106 valence electrons. The third-order valence-electron chi connectivity index (χ3n) is 2.55. The maximum atomic E-state index is 12.6. The molecule has 2 rings (SSSR count). The van der Waals surface area contributed by atoms with Gasteiger partial charge in [-0.3, -0.25) is 4.52 Å². The molecule has 0 aromatic heterocycles. The van der Waals surface area contributed by atoms with Crippen molar-refractivity contribution in [1.29, 1.82) is 0 Å². The van der Waals surface area contributed by atoms with E-state index in [1.165, 1.54) is 0 Å². The van der Waals surface area contributed by atoms with Crippen molar-refractivity contribution in [2.45, 2.75) is 13.8 Å². The van der Waals surface area contributed by atoms with Gasteiger partial charge in [0.1, 0.15) is 11.5 Å². The van der Waals surface area contributed by atoms with E-state index < -0.39 is 7.82 Å². The van der Waals surface area contributed by atoms with Crippen LogP contribution in [-0.2, 0) is 9.09 Å². The molecular weight excluding hydrogens is 275 g/mol. The molecule has 4 nitrogen and oxygen atoms in total. The molecule has 0 spiro atoms. The van der Waals surface area contributed by atoms with Gasteiger partial charge in [0.2, 0.25) is 0 Å². The van der Waals surface area contributed by atoms with Crippen molar-refractivity contribution in [3.05, 3.63) is 60.2 Å². The summed E-state index contributed by atoms with van der Waals surface area (Å²) in [6.07, 6.45) is 0. The van der Waals surface area contributed by atoms with Crippen molar-refractivity contribution in [1.82, 2.24) is 0 Å². The molecule has 0 saturated heterocycles. The maximum Gasteiger partial charge on any atom is 0.587 e. The molecule has 0 bridgehead atoms. The second-order valence-electron chi connectivity index (χ2n) is 4.13. The van der Waals surface area contributed by atoms with Gasteiger partial charge < -0.3 is 9.05 Å². The third kappa shape index (κ3) is 3.86. The van der Waals surface area contributed by atoms with Crippen LogP contribution in [0, 0.1) is 6.92 Å². The topological polar surface area (TPSA) is 44.8 Å². The van der Waals surface area contributed by atoms with Crippen LogP contribution in [0.25, 0.3) is 0 Å². The summed E-state index contributed by atoms with van der Waals surface area (Å²) in [5.74, 6) is 0.929. The molecule has 0 radical (unpaired) electrons. The largest absolute Gasteiger partial charge is 0.587 e. The summed E-state index contributed by atoms with van der Waals surface area (Å²) in [6.45, 7) is 3.84. The Kier molecular flexibility index (Phi) is 4.83. The Balaban J connectivity index is 2.21. The zero-order chi connectivity index (χ0) is 14.4. The molecule has 0 N–H and O–H groups in total. The summed E-state index contributed by atoms with van der Waals surface area (Å²) in [4.78, 5) is 0. The van der Waals surface area contributed by atoms with Crippen LogP contribution in [0.5, 0.6) is 11.5 Å². The fraction of sp³-hybridized carbons (Fsp3) is 0.200. The van der Waals surface area contributed by atoms with Gasteiger partial charge in [0, 0.05) is 0 Å². The monoisotopic (exact) mass is 292 g/mol. The van der Waals surface area contributed by atoms with Crippen LogP contribution >= 0.6 is 7.82 Å². The van der Waals surface area contributed by atoms with Gasteiger partial charge in [-0.1, -0.05) is 36.4 Å². The molecule has 1 atom stereocenters. The van der Waals surface area contributed by atoms with Gasteiger partial charge in [-0.25, -0.2) is 4.57 Å². The van der Waals surface area contributed by atoms with Crippen LogP contribution in [0.3, 0.4) is 0 Å². The molecular formula is C15H17O4P. The molecule has 0 saturated carbocycles. The average Bonchev–Trinajstić information content (AvgIpc) is 2.43. The average molecular weight is 292 g/mol. The first kappa shape index (κ1) is 14.6. The number of phosphoric acid groups is 1.